The molecule has 4 N–H and O–H groups in total. The summed E-state index contributed by atoms with van der Waals surface area (Å²) in [6.07, 6.45) is 0. The third kappa shape index (κ3) is 4.18. The molecule has 0 amide bonds. The molecule has 3 rings (SSSR count). The predicted molar refractivity (Wildman–Crippen MR) is 87.1 cm³/mol. The Balaban J connectivity index is 0.000000160. The van der Waals surface area contributed by atoms with Crippen molar-refractivity contribution in [2.75, 3.05) is 11.5 Å². The van der Waals surface area contributed by atoms with Crippen LogP contribution in [0.2, 0.25) is 0 Å². The van der Waals surface area contributed by atoms with Crippen LogP contribution in [0.3, 0.4) is 0 Å². The second-order valence-electron chi connectivity index (χ2n) is 4.40. The lowest BCUT2D eigenvalue weighted by Gasteiger charge is -1.98. The van der Waals surface area contributed by atoms with Crippen molar-refractivity contribution >= 4 is 11.4 Å². The molecule has 0 spiro atoms. The van der Waals surface area contributed by atoms with Gasteiger partial charge in [-0.1, -0.05) is 66.7 Å². The molecule has 0 bridgehead atoms. The van der Waals surface area contributed by atoms with Crippen LogP contribution in [-0.4, -0.2) is 0 Å². The normalized spacial score (nSPS) is 9.40. The Bertz CT molecular complexity index is 579. The van der Waals surface area contributed by atoms with Crippen LogP contribution in [0.4, 0.5) is 11.4 Å². The van der Waals surface area contributed by atoms with Gasteiger partial charge in [0.25, 0.3) is 0 Å². The number of benzene rings is 3. The van der Waals surface area contributed by atoms with E-state index in [0.29, 0.717) is 11.4 Å². The average molecular weight is 262 g/mol. The van der Waals surface area contributed by atoms with E-state index < -0.39 is 0 Å². The van der Waals surface area contributed by atoms with Crippen LogP contribution in [0.1, 0.15) is 0 Å². The third-order valence-corrected chi connectivity index (χ3v) is 2.79. The fraction of sp³-hybridized carbons (Fsp3) is 0. The molecule has 0 unspecified atom stereocenters. The largest absolute Gasteiger partial charge is 0.399 e. The number of nitrogens with two attached hydrogens (primary N) is 2. The monoisotopic (exact) mass is 262 g/mol. The highest BCUT2D eigenvalue weighted by atomic mass is 14.6. The zero-order valence-electron chi connectivity index (χ0n) is 11.2. The quantitative estimate of drug-likeness (QED) is 0.646. The van der Waals surface area contributed by atoms with Crippen molar-refractivity contribution in [3.8, 4) is 11.1 Å². The molecule has 0 aromatic heterocycles. The number of nitrogen functional groups attached to an aromatic ring is 2. The first-order valence-corrected chi connectivity index (χ1v) is 6.47. The Kier molecular flexibility index (Phi) is 4.79. The minimum atomic E-state index is 0.713. The third-order valence-electron chi connectivity index (χ3n) is 2.79. The molecule has 0 atom stereocenters. The van der Waals surface area contributed by atoms with Gasteiger partial charge in [-0.15, -0.1) is 0 Å². The van der Waals surface area contributed by atoms with Crippen LogP contribution in [0.5, 0.6) is 0 Å². The molecule has 0 aliphatic carbocycles. The van der Waals surface area contributed by atoms with Gasteiger partial charge in [-0.05, 0) is 29.3 Å². The lowest BCUT2D eigenvalue weighted by atomic mass is 10.1. The van der Waals surface area contributed by atoms with Crippen LogP contribution in [0.15, 0.2) is 84.9 Å². The van der Waals surface area contributed by atoms with Gasteiger partial charge in [0.15, 0.2) is 0 Å². The molecule has 0 saturated heterocycles. The van der Waals surface area contributed by atoms with Crippen molar-refractivity contribution < 1.29 is 0 Å². The minimum Gasteiger partial charge on any atom is -0.399 e. The summed E-state index contributed by atoms with van der Waals surface area (Å²) < 4.78 is 0. The Morgan fingerprint density at radius 2 is 0.850 bits per heavy atom. The molecular formula is C18H18N2. The summed E-state index contributed by atoms with van der Waals surface area (Å²) in [5.74, 6) is 0. The maximum atomic E-state index is 5.38. The molecule has 20 heavy (non-hydrogen) atoms. The van der Waals surface area contributed by atoms with E-state index in [1.165, 1.54) is 11.1 Å². The molecule has 2 nitrogen and oxygen atoms in total. The molecule has 0 fully saturated rings. The summed E-state index contributed by atoms with van der Waals surface area (Å²) in [7, 11) is 0. The Labute approximate surface area is 119 Å². The predicted octanol–water partition coefficient (Wildman–Crippen LogP) is 4.20. The van der Waals surface area contributed by atoms with Crippen molar-refractivity contribution in [1.29, 1.82) is 0 Å². The highest BCUT2D eigenvalue weighted by Crippen LogP contribution is 2.17. The first kappa shape index (κ1) is 13.7. The van der Waals surface area contributed by atoms with Gasteiger partial charge in [-0.2, -0.15) is 0 Å². The lowest BCUT2D eigenvalue weighted by molar-refractivity contribution is 1.62. The summed E-state index contributed by atoms with van der Waals surface area (Å²) in [6, 6.07) is 27.9. The summed E-state index contributed by atoms with van der Waals surface area (Å²) >= 11 is 0. The van der Waals surface area contributed by atoms with E-state index in [1.54, 1.807) is 18.2 Å². The number of anilines is 2. The van der Waals surface area contributed by atoms with E-state index in [9.17, 15) is 0 Å². The van der Waals surface area contributed by atoms with Crippen LogP contribution >= 0.6 is 0 Å². The highest BCUT2D eigenvalue weighted by Gasteiger charge is 1.91. The minimum absolute atomic E-state index is 0.713. The van der Waals surface area contributed by atoms with E-state index in [1.807, 2.05) is 18.2 Å². The Morgan fingerprint density at radius 3 is 1.15 bits per heavy atom. The fourth-order valence-electron chi connectivity index (χ4n) is 1.82. The van der Waals surface area contributed by atoms with Crippen LogP contribution in [-0.2, 0) is 0 Å². The number of hydrogen-bond donors (Lipinski definition) is 2. The van der Waals surface area contributed by atoms with Crippen LogP contribution in [0.25, 0.3) is 11.1 Å². The Hall–Kier alpha value is -2.74. The summed E-state index contributed by atoms with van der Waals surface area (Å²) in [4.78, 5) is 0. The van der Waals surface area contributed by atoms with Gasteiger partial charge in [-0.3, -0.25) is 0 Å². The van der Waals surface area contributed by atoms with E-state index in [-0.39, 0.29) is 0 Å². The van der Waals surface area contributed by atoms with Crippen molar-refractivity contribution in [3.05, 3.63) is 84.9 Å². The average Bonchev–Trinajstić information content (AvgIpc) is 2.49. The number of rotatable bonds is 1. The van der Waals surface area contributed by atoms with Gasteiger partial charge < -0.3 is 11.5 Å². The van der Waals surface area contributed by atoms with Crippen molar-refractivity contribution in [1.82, 2.24) is 0 Å². The maximum Gasteiger partial charge on any atom is 0.0334 e. The molecule has 0 radical (unpaired) electrons. The van der Waals surface area contributed by atoms with Gasteiger partial charge in [0.2, 0.25) is 0 Å². The molecule has 3 aromatic carbocycles. The van der Waals surface area contributed by atoms with Crippen LogP contribution in [0, 0.1) is 0 Å². The van der Waals surface area contributed by atoms with Crippen molar-refractivity contribution in [2.24, 2.45) is 0 Å². The summed E-state index contributed by atoms with van der Waals surface area (Å²) in [5.41, 5.74) is 14.7. The highest BCUT2D eigenvalue weighted by molar-refractivity contribution is 5.62. The van der Waals surface area contributed by atoms with Crippen molar-refractivity contribution in [2.45, 2.75) is 0 Å². The number of hydrogen-bond acceptors (Lipinski definition) is 2. The van der Waals surface area contributed by atoms with Crippen LogP contribution < -0.4 is 11.5 Å². The second-order valence-corrected chi connectivity index (χ2v) is 4.40. The van der Waals surface area contributed by atoms with Gasteiger partial charge in [0.1, 0.15) is 0 Å². The lowest BCUT2D eigenvalue weighted by Crippen LogP contribution is -1.87. The van der Waals surface area contributed by atoms with Gasteiger partial charge >= 0.3 is 0 Å². The SMILES string of the molecule is Nc1cccc(N)c1.c1ccc(-c2ccccc2)cc1. The second kappa shape index (κ2) is 7.00. The smallest absolute Gasteiger partial charge is 0.0334 e. The molecule has 100 valence electrons. The van der Waals surface area contributed by atoms with Gasteiger partial charge in [-0.25, -0.2) is 0 Å². The van der Waals surface area contributed by atoms with Gasteiger partial charge in [0, 0.05) is 11.4 Å². The molecule has 0 saturated carbocycles. The topological polar surface area (TPSA) is 52.0 Å². The van der Waals surface area contributed by atoms with Gasteiger partial charge in [0.05, 0.1) is 0 Å². The molecule has 3 aromatic rings. The van der Waals surface area contributed by atoms with Crippen molar-refractivity contribution in [3.63, 3.8) is 0 Å². The molecule has 0 aliphatic heterocycles. The first-order chi connectivity index (χ1) is 9.75. The molecular weight excluding hydrogens is 244 g/mol. The molecule has 0 heterocycles. The zero-order valence-corrected chi connectivity index (χ0v) is 11.2. The zero-order chi connectivity index (χ0) is 14.2. The molecule has 0 aliphatic rings. The van der Waals surface area contributed by atoms with E-state index in [4.69, 9.17) is 11.5 Å². The molecule has 2 heteroatoms. The summed E-state index contributed by atoms with van der Waals surface area (Å²) in [6.45, 7) is 0. The van der Waals surface area contributed by atoms with E-state index in [2.05, 4.69) is 48.5 Å². The van der Waals surface area contributed by atoms with E-state index >= 15 is 0 Å². The fourth-order valence-corrected chi connectivity index (χ4v) is 1.82. The standard InChI is InChI=1S/C12H10.C6H8N2/c1-3-7-11(8-4-1)12-9-5-2-6-10-12;7-5-2-1-3-6(8)4-5/h1-10H;1-4H,7-8H2. The van der Waals surface area contributed by atoms with E-state index in [0.717, 1.165) is 0 Å². The summed E-state index contributed by atoms with van der Waals surface area (Å²) in [5, 5.41) is 0. The first-order valence-electron chi connectivity index (χ1n) is 6.47. The Morgan fingerprint density at radius 1 is 0.450 bits per heavy atom. The maximum absolute atomic E-state index is 5.38.